The average molecular weight is 520 g/mol. The summed E-state index contributed by atoms with van der Waals surface area (Å²) in [4.78, 5) is 29.1. The van der Waals surface area contributed by atoms with E-state index < -0.39 is 28.0 Å². The second-order valence-electron chi connectivity index (χ2n) is 6.81. The summed E-state index contributed by atoms with van der Waals surface area (Å²) in [6, 6.07) is 9.39. The minimum atomic E-state index is -1.32. The van der Waals surface area contributed by atoms with Crippen molar-refractivity contribution in [1.82, 2.24) is 4.98 Å². The van der Waals surface area contributed by atoms with Gasteiger partial charge in [-0.25, -0.2) is 4.98 Å². The number of nitrogens with zero attached hydrogens (tertiary/aromatic N) is 1. The summed E-state index contributed by atoms with van der Waals surface area (Å²) >= 11 is 31.0. The Bertz CT molecular complexity index is 1150. The summed E-state index contributed by atoms with van der Waals surface area (Å²) in [6.45, 7) is 0. The lowest BCUT2D eigenvalue weighted by Gasteiger charge is -2.09. The number of rotatable bonds is 5. The highest BCUT2D eigenvalue weighted by Crippen LogP contribution is 2.65. The van der Waals surface area contributed by atoms with Crippen LogP contribution in [-0.2, 0) is 4.79 Å². The molecule has 0 saturated heterocycles. The Morgan fingerprint density at radius 1 is 1.00 bits per heavy atom. The third-order valence-electron chi connectivity index (χ3n) is 4.71. The van der Waals surface area contributed by atoms with E-state index in [2.05, 4.69) is 15.6 Å². The van der Waals surface area contributed by atoms with Crippen LogP contribution in [0.25, 0.3) is 0 Å². The zero-order valence-corrected chi connectivity index (χ0v) is 19.1. The minimum Gasteiger partial charge on any atom is -0.432 e. The third-order valence-corrected chi connectivity index (χ3v) is 6.42. The van der Waals surface area contributed by atoms with Crippen molar-refractivity contribution in [2.45, 2.75) is 10.3 Å². The van der Waals surface area contributed by atoms with Crippen LogP contribution in [0.15, 0.2) is 53.3 Å². The largest absolute Gasteiger partial charge is 0.432 e. The van der Waals surface area contributed by atoms with Crippen molar-refractivity contribution in [3.05, 3.63) is 75.1 Å². The van der Waals surface area contributed by atoms with Gasteiger partial charge in [0.15, 0.2) is 0 Å². The molecule has 1 fully saturated rings. The molecule has 2 amide bonds. The van der Waals surface area contributed by atoms with E-state index >= 15 is 0 Å². The predicted octanol–water partition coefficient (Wildman–Crippen LogP) is 6.41. The molecule has 6 nitrogen and oxygen atoms in total. The summed E-state index contributed by atoms with van der Waals surface area (Å²) in [5, 5.41) is 6.20. The number of amides is 2. The topological polar surface area (TPSA) is 84.2 Å². The highest BCUT2D eigenvalue weighted by molar-refractivity contribution is 6.53. The number of halogens is 5. The molecule has 2 N–H and O–H groups in total. The molecule has 1 aliphatic rings. The van der Waals surface area contributed by atoms with Crippen LogP contribution in [-0.4, -0.2) is 21.1 Å². The molecule has 1 saturated carbocycles. The maximum Gasteiger partial charge on any atom is 0.301 e. The first-order valence-electron chi connectivity index (χ1n) is 8.82. The van der Waals surface area contributed by atoms with E-state index in [4.69, 9.17) is 62.4 Å². The van der Waals surface area contributed by atoms with Gasteiger partial charge in [-0.05, 0) is 42.0 Å². The number of anilines is 2. The fourth-order valence-electron chi connectivity index (χ4n) is 3.27. The summed E-state index contributed by atoms with van der Waals surface area (Å²) in [5.41, 5.74) is 1.12. The summed E-state index contributed by atoms with van der Waals surface area (Å²) in [5.74, 6) is -2.21. The van der Waals surface area contributed by atoms with E-state index in [9.17, 15) is 9.59 Å². The number of hydrogen-bond donors (Lipinski definition) is 2. The third kappa shape index (κ3) is 4.64. The molecule has 11 heteroatoms. The second kappa shape index (κ2) is 8.52. The summed E-state index contributed by atoms with van der Waals surface area (Å²) < 4.78 is 3.67. The quantitative estimate of drug-likeness (QED) is 0.382. The first-order valence-corrected chi connectivity index (χ1v) is 10.7. The van der Waals surface area contributed by atoms with Crippen LogP contribution in [0.5, 0.6) is 0 Å². The molecule has 160 valence electrons. The molecular formula is C20H12Cl5N3O3. The highest BCUT2D eigenvalue weighted by atomic mass is 35.5. The number of benzene rings is 2. The zero-order chi connectivity index (χ0) is 22.3. The van der Waals surface area contributed by atoms with Gasteiger partial charge in [0.1, 0.15) is 10.6 Å². The molecule has 4 rings (SSSR count). The van der Waals surface area contributed by atoms with Crippen molar-refractivity contribution in [3.63, 3.8) is 0 Å². The first-order chi connectivity index (χ1) is 14.7. The van der Waals surface area contributed by atoms with Crippen molar-refractivity contribution in [3.8, 4) is 0 Å². The zero-order valence-electron chi connectivity index (χ0n) is 15.3. The molecule has 0 aliphatic heterocycles. The molecular weight excluding hydrogens is 508 g/mol. The van der Waals surface area contributed by atoms with Crippen LogP contribution >= 0.6 is 58.0 Å². The van der Waals surface area contributed by atoms with Gasteiger partial charge in [-0.3, -0.25) is 14.9 Å². The molecule has 0 spiro atoms. The molecule has 31 heavy (non-hydrogen) atoms. The molecule has 0 bridgehead atoms. The fraction of sp³-hybridized carbons (Fsp3) is 0.150. The molecule has 1 aliphatic carbocycles. The van der Waals surface area contributed by atoms with Crippen molar-refractivity contribution in [1.29, 1.82) is 0 Å². The first kappa shape index (κ1) is 22.2. The average Bonchev–Trinajstić information content (AvgIpc) is 2.99. The lowest BCUT2D eigenvalue weighted by molar-refractivity contribution is -0.117. The van der Waals surface area contributed by atoms with E-state index in [-0.39, 0.29) is 16.6 Å². The normalized spacial score (nSPS) is 19.0. The maximum atomic E-state index is 12.9. The maximum absolute atomic E-state index is 12.9. The van der Waals surface area contributed by atoms with Gasteiger partial charge in [0.25, 0.3) is 5.91 Å². The van der Waals surface area contributed by atoms with E-state index in [0.29, 0.717) is 21.3 Å². The second-order valence-corrected chi connectivity index (χ2v) is 9.53. The number of carbonyl (C=O) groups excluding carboxylic acids is 2. The summed E-state index contributed by atoms with van der Waals surface area (Å²) in [7, 11) is 0. The number of aromatic nitrogens is 1. The van der Waals surface area contributed by atoms with Crippen LogP contribution in [0, 0.1) is 5.92 Å². The van der Waals surface area contributed by atoms with Gasteiger partial charge in [0.2, 0.25) is 5.91 Å². The van der Waals surface area contributed by atoms with Crippen LogP contribution in [0.3, 0.4) is 0 Å². The lowest BCUT2D eigenvalue weighted by atomic mass is 10.1. The van der Waals surface area contributed by atoms with Gasteiger partial charge in [-0.1, -0.05) is 34.8 Å². The number of carbonyl (C=O) groups is 2. The van der Waals surface area contributed by atoms with Crippen LogP contribution in [0.1, 0.15) is 21.8 Å². The number of oxazole rings is 1. The van der Waals surface area contributed by atoms with Gasteiger partial charge in [-0.2, -0.15) is 0 Å². The van der Waals surface area contributed by atoms with E-state index in [1.807, 2.05) is 0 Å². The molecule has 1 aromatic heterocycles. The molecule has 2 aromatic carbocycles. The molecule has 0 radical (unpaired) electrons. The van der Waals surface area contributed by atoms with Gasteiger partial charge in [-0.15, -0.1) is 23.2 Å². The molecule has 1 heterocycles. The Hall–Kier alpha value is -1.96. The number of alkyl halides is 2. The van der Waals surface area contributed by atoms with Crippen LogP contribution in [0.2, 0.25) is 15.1 Å². The number of nitrogens with one attached hydrogen (secondary N) is 2. The van der Waals surface area contributed by atoms with Crippen molar-refractivity contribution >= 4 is 81.5 Å². The molecule has 3 aromatic rings. The van der Waals surface area contributed by atoms with Gasteiger partial charge in [0, 0.05) is 21.7 Å². The van der Waals surface area contributed by atoms with Crippen molar-refractivity contribution in [2.24, 2.45) is 5.92 Å². The van der Waals surface area contributed by atoms with Crippen molar-refractivity contribution in [2.75, 3.05) is 10.6 Å². The number of hydrogen-bond acceptors (Lipinski definition) is 4. The standard InChI is InChI=1S/C20H12Cl5N3O3/c21-10-5-9(6-11(22)7-10)15-16(20(15,24)25)18(30)27-12-1-2-14(23)13(8-12)17(29)28-19-26-3-4-31-19/h1-8,15-16H,(H,27,30)(H,26,28,29). The fourth-order valence-corrected chi connectivity index (χ4v) is 4.84. The Morgan fingerprint density at radius 2 is 1.71 bits per heavy atom. The monoisotopic (exact) mass is 517 g/mol. The van der Waals surface area contributed by atoms with Gasteiger partial charge >= 0.3 is 6.01 Å². The Kier molecular flexibility index (Phi) is 6.12. The van der Waals surface area contributed by atoms with E-state index in [1.165, 1.54) is 24.6 Å². The lowest BCUT2D eigenvalue weighted by Crippen LogP contribution is -2.18. The molecule has 2 unspecified atom stereocenters. The predicted molar refractivity (Wildman–Crippen MR) is 122 cm³/mol. The van der Waals surface area contributed by atoms with Gasteiger partial charge in [0.05, 0.1) is 22.7 Å². The SMILES string of the molecule is O=C(Nc1ncco1)c1cc(NC(=O)C2C(c3cc(Cl)cc(Cl)c3)C2(Cl)Cl)ccc1Cl. The van der Waals surface area contributed by atoms with Crippen molar-refractivity contribution < 1.29 is 14.0 Å². The Labute approximate surface area is 201 Å². The minimum absolute atomic E-state index is 0.0190. The summed E-state index contributed by atoms with van der Waals surface area (Å²) in [6.07, 6.45) is 2.70. The smallest absolute Gasteiger partial charge is 0.301 e. The van der Waals surface area contributed by atoms with E-state index in [1.54, 1.807) is 24.3 Å². The van der Waals surface area contributed by atoms with Crippen LogP contribution in [0.4, 0.5) is 11.7 Å². The van der Waals surface area contributed by atoms with E-state index in [0.717, 1.165) is 0 Å². The van der Waals surface area contributed by atoms with Gasteiger partial charge < -0.3 is 9.73 Å². The Balaban J connectivity index is 1.51. The Morgan fingerprint density at radius 3 is 2.35 bits per heavy atom. The van der Waals surface area contributed by atoms with Crippen LogP contribution < -0.4 is 10.6 Å². The molecule has 2 atom stereocenters. The highest BCUT2D eigenvalue weighted by Gasteiger charge is 2.67.